The number of rotatable bonds is 5. The van der Waals surface area contributed by atoms with Crippen LogP contribution in [-0.4, -0.2) is 20.9 Å². The summed E-state index contributed by atoms with van der Waals surface area (Å²) in [5.74, 6) is 0.979. The van der Waals surface area contributed by atoms with E-state index in [2.05, 4.69) is 36.2 Å². The quantitative estimate of drug-likeness (QED) is 0.447. The molecule has 0 unspecified atom stereocenters. The van der Waals surface area contributed by atoms with Gasteiger partial charge in [0.15, 0.2) is 0 Å². The Hall–Kier alpha value is -3.58. The van der Waals surface area contributed by atoms with Crippen LogP contribution >= 0.6 is 15.9 Å². The van der Waals surface area contributed by atoms with Crippen LogP contribution in [0.15, 0.2) is 95.9 Å². The van der Waals surface area contributed by atoms with Crippen molar-refractivity contribution in [3.05, 3.63) is 101 Å². The summed E-state index contributed by atoms with van der Waals surface area (Å²) < 4.78 is 0.921. The molecule has 0 radical (unpaired) electrons. The molecule has 6 nitrogen and oxygen atoms in total. The van der Waals surface area contributed by atoms with Gasteiger partial charge in [0.1, 0.15) is 5.82 Å². The van der Waals surface area contributed by atoms with Gasteiger partial charge >= 0.3 is 0 Å². The molecule has 1 N–H and O–H groups in total. The number of benzene rings is 2. The number of halogens is 1. The largest absolute Gasteiger partial charge is 0.322 e. The van der Waals surface area contributed by atoms with Crippen molar-refractivity contribution in [1.29, 1.82) is 0 Å². The summed E-state index contributed by atoms with van der Waals surface area (Å²) in [4.78, 5) is 27.6. The number of nitrogens with zero attached hydrogens (tertiary/aromatic N) is 4. The molecule has 2 heterocycles. The Balaban J connectivity index is 1.66. The highest BCUT2D eigenvalue weighted by Gasteiger charge is 2.16. The Morgan fingerprint density at radius 3 is 2.31 bits per heavy atom. The second-order valence-electron chi connectivity index (χ2n) is 6.08. The number of carbonyl (C=O) groups is 1. The highest BCUT2D eigenvalue weighted by atomic mass is 79.9. The van der Waals surface area contributed by atoms with Crippen molar-refractivity contribution < 1.29 is 4.79 Å². The number of hydrogen-bond acceptors (Lipinski definition) is 5. The van der Waals surface area contributed by atoms with Gasteiger partial charge in [-0.3, -0.25) is 9.69 Å². The first-order valence-corrected chi connectivity index (χ1v) is 9.65. The van der Waals surface area contributed by atoms with Crippen LogP contribution in [0.3, 0.4) is 0 Å². The van der Waals surface area contributed by atoms with Crippen LogP contribution in [0.2, 0.25) is 0 Å². The van der Waals surface area contributed by atoms with Crippen LogP contribution in [0.1, 0.15) is 10.4 Å². The van der Waals surface area contributed by atoms with Gasteiger partial charge in [0.2, 0.25) is 5.95 Å². The van der Waals surface area contributed by atoms with Gasteiger partial charge in [-0.15, -0.1) is 0 Å². The molecule has 4 rings (SSSR count). The first kappa shape index (κ1) is 18.8. The van der Waals surface area contributed by atoms with Gasteiger partial charge in [-0.25, -0.2) is 15.0 Å². The monoisotopic (exact) mass is 445 g/mol. The third-order valence-electron chi connectivity index (χ3n) is 4.10. The van der Waals surface area contributed by atoms with E-state index in [1.807, 2.05) is 59.5 Å². The second-order valence-corrected chi connectivity index (χ2v) is 7.00. The molecule has 1 amide bonds. The third kappa shape index (κ3) is 4.47. The molecule has 0 aliphatic heterocycles. The molecule has 0 saturated carbocycles. The van der Waals surface area contributed by atoms with Crippen molar-refractivity contribution in [2.75, 3.05) is 10.2 Å². The molecule has 7 heteroatoms. The van der Waals surface area contributed by atoms with Crippen LogP contribution in [0.5, 0.6) is 0 Å². The lowest BCUT2D eigenvalue weighted by atomic mass is 10.2. The summed E-state index contributed by atoms with van der Waals surface area (Å²) in [6.07, 6.45) is 5.07. The molecule has 0 aliphatic carbocycles. The molecule has 142 valence electrons. The lowest BCUT2D eigenvalue weighted by Crippen LogP contribution is -2.15. The molecule has 4 aromatic rings. The Morgan fingerprint density at radius 1 is 0.828 bits per heavy atom. The van der Waals surface area contributed by atoms with Crippen molar-refractivity contribution in [3.63, 3.8) is 0 Å². The van der Waals surface area contributed by atoms with E-state index in [-0.39, 0.29) is 5.91 Å². The van der Waals surface area contributed by atoms with E-state index in [0.29, 0.717) is 23.0 Å². The third-order valence-corrected chi connectivity index (χ3v) is 4.63. The highest BCUT2D eigenvalue weighted by molar-refractivity contribution is 9.10. The van der Waals surface area contributed by atoms with Crippen molar-refractivity contribution in [2.45, 2.75) is 0 Å². The van der Waals surface area contributed by atoms with Gasteiger partial charge in [0, 0.05) is 34.3 Å². The molecule has 0 bridgehead atoms. The van der Waals surface area contributed by atoms with E-state index in [1.165, 1.54) is 0 Å². The molecule has 0 spiro atoms. The normalized spacial score (nSPS) is 10.4. The zero-order valence-corrected chi connectivity index (χ0v) is 16.8. The van der Waals surface area contributed by atoms with Gasteiger partial charge in [-0.1, -0.05) is 28.1 Å². The van der Waals surface area contributed by atoms with Gasteiger partial charge in [-0.05, 0) is 60.7 Å². The van der Waals surface area contributed by atoms with Gasteiger partial charge < -0.3 is 5.32 Å². The zero-order valence-electron chi connectivity index (χ0n) is 15.2. The van der Waals surface area contributed by atoms with E-state index in [0.717, 1.165) is 10.2 Å². The molecule has 29 heavy (non-hydrogen) atoms. The Bertz CT molecular complexity index is 1070. The minimum absolute atomic E-state index is 0.185. The zero-order chi connectivity index (χ0) is 20.1. The molecule has 0 saturated heterocycles. The number of nitrogens with one attached hydrogen (secondary N) is 1. The van der Waals surface area contributed by atoms with E-state index in [1.54, 1.807) is 36.8 Å². The van der Waals surface area contributed by atoms with Crippen molar-refractivity contribution in [2.24, 2.45) is 0 Å². The Kier molecular flexibility index (Phi) is 5.58. The van der Waals surface area contributed by atoms with Crippen molar-refractivity contribution >= 4 is 45.0 Å². The van der Waals surface area contributed by atoms with Crippen LogP contribution in [-0.2, 0) is 0 Å². The maximum Gasteiger partial charge on any atom is 0.255 e. The summed E-state index contributed by atoms with van der Waals surface area (Å²) in [7, 11) is 0. The number of carbonyl (C=O) groups excluding carboxylic acids is 1. The maximum absolute atomic E-state index is 12.6. The first-order valence-electron chi connectivity index (χ1n) is 8.86. The minimum Gasteiger partial charge on any atom is -0.322 e. The summed E-state index contributed by atoms with van der Waals surface area (Å²) in [6.45, 7) is 0. The van der Waals surface area contributed by atoms with Crippen LogP contribution in [0.25, 0.3) is 0 Å². The van der Waals surface area contributed by atoms with E-state index < -0.39 is 0 Å². The van der Waals surface area contributed by atoms with Gasteiger partial charge in [-0.2, -0.15) is 0 Å². The highest BCUT2D eigenvalue weighted by Crippen LogP contribution is 2.31. The van der Waals surface area contributed by atoms with Gasteiger partial charge in [0.25, 0.3) is 5.91 Å². The fraction of sp³-hybridized carbons (Fsp3) is 0. The molecular weight excluding hydrogens is 430 g/mol. The lowest BCUT2D eigenvalue weighted by molar-refractivity contribution is 0.102. The standard InChI is InChI=1S/C22H16BrN5O/c23-17-10-8-16(9-11-17)21(29)27-18-5-3-6-19(15-18)28(20-7-1-2-12-24-20)22-25-13-4-14-26-22/h1-15H,(H,27,29). The van der Waals surface area contributed by atoms with Crippen molar-refractivity contribution in [3.8, 4) is 0 Å². The number of aromatic nitrogens is 3. The predicted octanol–water partition coefficient (Wildman–Crippen LogP) is 5.36. The molecule has 2 aromatic heterocycles. The lowest BCUT2D eigenvalue weighted by Gasteiger charge is -2.22. The molecule has 0 atom stereocenters. The van der Waals surface area contributed by atoms with Crippen LogP contribution in [0, 0.1) is 0 Å². The number of hydrogen-bond donors (Lipinski definition) is 1. The minimum atomic E-state index is -0.185. The molecular formula is C22H16BrN5O. The Labute approximate surface area is 176 Å². The molecule has 0 fully saturated rings. The smallest absolute Gasteiger partial charge is 0.255 e. The number of anilines is 4. The van der Waals surface area contributed by atoms with Crippen molar-refractivity contribution in [1.82, 2.24) is 15.0 Å². The Morgan fingerprint density at radius 2 is 1.59 bits per heavy atom. The first-order chi connectivity index (χ1) is 14.2. The fourth-order valence-electron chi connectivity index (χ4n) is 2.77. The average Bonchev–Trinajstić information content (AvgIpc) is 2.76. The SMILES string of the molecule is O=C(Nc1cccc(N(c2ccccn2)c2ncccn2)c1)c1ccc(Br)cc1. The summed E-state index contributed by atoms with van der Waals surface area (Å²) in [5, 5.41) is 2.93. The van der Waals surface area contributed by atoms with Gasteiger partial charge in [0.05, 0.1) is 5.69 Å². The average molecular weight is 446 g/mol. The van der Waals surface area contributed by atoms with Crippen LogP contribution in [0.4, 0.5) is 23.1 Å². The molecule has 2 aromatic carbocycles. The van der Waals surface area contributed by atoms with Crippen LogP contribution < -0.4 is 10.2 Å². The molecule has 0 aliphatic rings. The number of amides is 1. The van der Waals surface area contributed by atoms with E-state index in [4.69, 9.17) is 0 Å². The summed E-state index contributed by atoms with van der Waals surface area (Å²) in [5.41, 5.74) is 2.02. The van der Waals surface area contributed by atoms with E-state index in [9.17, 15) is 4.79 Å². The predicted molar refractivity (Wildman–Crippen MR) is 117 cm³/mol. The second kappa shape index (κ2) is 8.62. The topological polar surface area (TPSA) is 71.0 Å². The fourth-order valence-corrected chi connectivity index (χ4v) is 3.03. The number of pyridine rings is 1. The summed E-state index contributed by atoms with van der Waals surface area (Å²) >= 11 is 3.38. The van der Waals surface area contributed by atoms with E-state index >= 15 is 0 Å². The maximum atomic E-state index is 12.6. The summed E-state index contributed by atoms with van der Waals surface area (Å²) in [6, 6.07) is 22.1.